The van der Waals surface area contributed by atoms with Crippen LogP contribution >= 0.6 is 0 Å². The van der Waals surface area contributed by atoms with Crippen molar-refractivity contribution in [2.45, 2.75) is 32.7 Å². The fourth-order valence-electron chi connectivity index (χ4n) is 2.97. The molecule has 2 aromatic carbocycles. The van der Waals surface area contributed by atoms with Gasteiger partial charge in [0.1, 0.15) is 11.5 Å². The molecule has 1 aliphatic heterocycles. The SMILES string of the molecule is Cc1ccc(C(=O)NCc2ccc3c(c2)CCCO3)cc1OCCCN. The molecule has 0 radical (unpaired) electrons. The third kappa shape index (κ3) is 4.55. The number of fused-ring (bicyclic) bond motifs is 1. The van der Waals surface area contributed by atoms with E-state index in [0.29, 0.717) is 25.3 Å². The van der Waals surface area contributed by atoms with E-state index >= 15 is 0 Å². The minimum atomic E-state index is -0.109. The van der Waals surface area contributed by atoms with Crippen LogP contribution in [0.15, 0.2) is 36.4 Å². The summed E-state index contributed by atoms with van der Waals surface area (Å²) in [5.41, 5.74) is 9.39. The number of hydrogen-bond donors (Lipinski definition) is 2. The van der Waals surface area contributed by atoms with Gasteiger partial charge in [0.05, 0.1) is 13.2 Å². The molecule has 2 aromatic rings. The van der Waals surface area contributed by atoms with Crippen LogP contribution in [-0.2, 0) is 13.0 Å². The molecule has 3 N–H and O–H groups in total. The molecule has 26 heavy (non-hydrogen) atoms. The molecule has 1 aliphatic rings. The fraction of sp³-hybridized carbons (Fsp3) is 0.381. The van der Waals surface area contributed by atoms with E-state index in [2.05, 4.69) is 11.4 Å². The molecule has 5 nitrogen and oxygen atoms in total. The molecule has 138 valence electrons. The number of nitrogens with two attached hydrogens (primary N) is 1. The topological polar surface area (TPSA) is 73.6 Å². The van der Waals surface area contributed by atoms with Gasteiger partial charge in [0.25, 0.3) is 5.91 Å². The van der Waals surface area contributed by atoms with Gasteiger partial charge in [0.2, 0.25) is 0 Å². The van der Waals surface area contributed by atoms with Crippen LogP contribution in [0.1, 0.15) is 39.9 Å². The Morgan fingerprint density at radius 2 is 2.15 bits per heavy atom. The van der Waals surface area contributed by atoms with E-state index in [-0.39, 0.29) is 5.91 Å². The first kappa shape index (κ1) is 18.3. The fourth-order valence-corrected chi connectivity index (χ4v) is 2.97. The molecule has 0 unspecified atom stereocenters. The minimum Gasteiger partial charge on any atom is -0.493 e. The molecule has 0 aromatic heterocycles. The number of amides is 1. The number of carbonyl (C=O) groups excluding carboxylic acids is 1. The molecule has 0 saturated heterocycles. The highest BCUT2D eigenvalue weighted by molar-refractivity contribution is 5.94. The van der Waals surface area contributed by atoms with Gasteiger partial charge in [-0.2, -0.15) is 0 Å². The van der Waals surface area contributed by atoms with E-state index in [0.717, 1.165) is 48.5 Å². The van der Waals surface area contributed by atoms with E-state index in [1.807, 2.05) is 31.2 Å². The van der Waals surface area contributed by atoms with Gasteiger partial charge in [-0.25, -0.2) is 0 Å². The van der Waals surface area contributed by atoms with Gasteiger partial charge in [0, 0.05) is 12.1 Å². The number of aryl methyl sites for hydroxylation is 2. The van der Waals surface area contributed by atoms with Gasteiger partial charge in [-0.15, -0.1) is 0 Å². The second-order valence-electron chi connectivity index (χ2n) is 6.55. The van der Waals surface area contributed by atoms with Crippen LogP contribution in [0.25, 0.3) is 0 Å². The molecule has 1 heterocycles. The molecular formula is C21H26N2O3. The molecular weight excluding hydrogens is 328 g/mol. The van der Waals surface area contributed by atoms with Crippen molar-refractivity contribution in [2.75, 3.05) is 19.8 Å². The van der Waals surface area contributed by atoms with Crippen molar-refractivity contribution in [2.24, 2.45) is 5.73 Å². The Bertz CT molecular complexity index is 774. The number of rotatable bonds is 7. The van der Waals surface area contributed by atoms with Gasteiger partial charge in [-0.05, 0) is 67.6 Å². The van der Waals surface area contributed by atoms with Crippen molar-refractivity contribution in [3.63, 3.8) is 0 Å². The first-order valence-corrected chi connectivity index (χ1v) is 9.13. The van der Waals surface area contributed by atoms with Crippen molar-refractivity contribution in [3.05, 3.63) is 58.7 Å². The van der Waals surface area contributed by atoms with Gasteiger partial charge < -0.3 is 20.5 Å². The Kier molecular flexibility index (Phi) is 6.12. The monoisotopic (exact) mass is 354 g/mol. The Labute approximate surface area is 154 Å². The maximum absolute atomic E-state index is 12.5. The van der Waals surface area contributed by atoms with Crippen LogP contribution in [0.2, 0.25) is 0 Å². The van der Waals surface area contributed by atoms with E-state index in [1.165, 1.54) is 5.56 Å². The Morgan fingerprint density at radius 3 is 3.00 bits per heavy atom. The lowest BCUT2D eigenvalue weighted by Crippen LogP contribution is -2.23. The van der Waals surface area contributed by atoms with Crippen molar-refractivity contribution < 1.29 is 14.3 Å². The first-order valence-electron chi connectivity index (χ1n) is 9.13. The summed E-state index contributed by atoms with van der Waals surface area (Å²) in [6.07, 6.45) is 2.86. The summed E-state index contributed by atoms with van der Waals surface area (Å²) >= 11 is 0. The maximum Gasteiger partial charge on any atom is 0.251 e. The normalized spacial score (nSPS) is 12.8. The third-order valence-electron chi connectivity index (χ3n) is 4.48. The largest absolute Gasteiger partial charge is 0.493 e. The maximum atomic E-state index is 12.5. The molecule has 0 atom stereocenters. The summed E-state index contributed by atoms with van der Waals surface area (Å²) in [5.74, 6) is 1.59. The summed E-state index contributed by atoms with van der Waals surface area (Å²) in [6.45, 7) is 4.38. The van der Waals surface area contributed by atoms with Crippen molar-refractivity contribution in [3.8, 4) is 11.5 Å². The van der Waals surface area contributed by atoms with Gasteiger partial charge in [-0.1, -0.05) is 18.2 Å². The summed E-state index contributed by atoms with van der Waals surface area (Å²) in [6, 6.07) is 11.6. The highest BCUT2D eigenvalue weighted by Gasteiger charge is 2.12. The second kappa shape index (κ2) is 8.72. The average Bonchev–Trinajstić information content (AvgIpc) is 2.67. The van der Waals surface area contributed by atoms with Gasteiger partial charge in [0.15, 0.2) is 0 Å². The van der Waals surface area contributed by atoms with Crippen molar-refractivity contribution in [1.29, 1.82) is 0 Å². The second-order valence-corrected chi connectivity index (χ2v) is 6.55. The van der Waals surface area contributed by atoms with Crippen LogP contribution in [0.4, 0.5) is 0 Å². The lowest BCUT2D eigenvalue weighted by Gasteiger charge is -2.18. The van der Waals surface area contributed by atoms with Crippen LogP contribution in [-0.4, -0.2) is 25.7 Å². The third-order valence-corrected chi connectivity index (χ3v) is 4.48. The molecule has 0 bridgehead atoms. The number of benzene rings is 2. The highest BCUT2D eigenvalue weighted by atomic mass is 16.5. The summed E-state index contributed by atoms with van der Waals surface area (Å²) in [7, 11) is 0. The Hall–Kier alpha value is -2.53. The lowest BCUT2D eigenvalue weighted by molar-refractivity contribution is 0.0950. The molecule has 1 amide bonds. The van der Waals surface area contributed by atoms with E-state index < -0.39 is 0 Å². The average molecular weight is 354 g/mol. The molecule has 0 aliphatic carbocycles. The number of carbonyl (C=O) groups is 1. The van der Waals surface area contributed by atoms with Gasteiger partial charge >= 0.3 is 0 Å². The zero-order valence-electron chi connectivity index (χ0n) is 15.2. The predicted octanol–water partition coefficient (Wildman–Crippen LogP) is 2.98. The van der Waals surface area contributed by atoms with Crippen molar-refractivity contribution in [1.82, 2.24) is 5.32 Å². The lowest BCUT2D eigenvalue weighted by atomic mass is 10.0. The van der Waals surface area contributed by atoms with Crippen LogP contribution in [0, 0.1) is 6.92 Å². The number of hydrogen-bond acceptors (Lipinski definition) is 4. The minimum absolute atomic E-state index is 0.109. The highest BCUT2D eigenvalue weighted by Crippen LogP contribution is 2.25. The Balaban J connectivity index is 1.62. The van der Waals surface area contributed by atoms with Gasteiger partial charge in [-0.3, -0.25) is 4.79 Å². The summed E-state index contributed by atoms with van der Waals surface area (Å²) in [5, 5.41) is 2.98. The quantitative estimate of drug-likeness (QED) is 0.750. The molecule has 0 fully saturated rings. The first-order chi connectivity index (χ1) is 12.7. The summed E-state index contributed by atoms with van der Waals surface area (Å²) in [4.78, 5) is 12.5. The molecule has 0 saturated carbocycles. The number of ether oxygens (including phenoxy) is 2. The van der Waals surface area contributed by atoms with Crippen LogP contribution in [0.3, 0.4) is 0 Å². The smallest absolute Gasteiger partial charge is 0.251 e. The van der Waals surface area contributed by atoms with Crippen molar-refractivity contribution >= 4 is 5.91 Å². The molecule has 0 spiro atoms. The van der Waals surface area contributed by atoms with Crippen LogP contribution in [0.5, 0.6) is 11.5 Å². The van der Waals surface area contributed by atoms with E-state index in [9.17, 15) is 4.79 Å². The molecule has 3 rings (SSSR count). The van der Waals surface area contributed by atoms with E-state index in [1.54, 1.807) is 6.07 Å². The zero-order chi connectivity index (χ0) is 18.4. The number of nitrogens with one attached hydrogen (secondary N) is 1. The predicted molar refractivity (Wildman–Crippen MR) is 102 cm³/mol. The Morgan fingerprint density at radius 1 is 1.27 bits per heavy atom. The van der Waals surface area contributed by atoms with Crippen LogP contribution < -0.4 is 20.5 Å². The van der Waals surface area contributed by atoms with E-state index in [4.69, 9.17) is 15.2 Å². The molecule has 5 heteroatoms. The summed E-state index contributed by atoms with van der Waals surface area (Å²) < 4.78 is 11.3. The zero-order valence-corrected chi connectivity index (χ0v) is 15.2. The standard InChI is InChI=1S/C21H26N2O3/c1-15-5-7-18(13-20(15)26-11-3-9-22)21(24)23-14-16-6-8-19-17(12-16)4-2-10-25-19/h5-8,12-13H,2-4,9-11,14,22H2,1H3,(H,23,24).